The van der Waals surface area contributed by atoms with Gasteiger partial charge in [-0.3, -0.25) is 0 Å². The SMILES string of the molecule is C=CC1C(OC2OC(CO)C(O)C(O)C2O)OC=C(C(=O)OC)C1CC1c2[nH]c3ccccc3c2C=C[NH+]1C. The molecule has 0 saturated carbocycles. The Kier molecular flexibility index (Phi) is 7.92. The summed E-state index contributed by atoms with van der Waals surface area (Å²) in [6.45, 7) is 3.38. The van der Waals surface area contributed by atoms with Crippen LogP contribution in [0.5, 0.6) is 0 Å². The Morgan fingerprint density at radius 3 is 2.67 bits per heavy atom. The largest absolute Gasteiger partial charge is 0.471 e. The van der Waals surface area contributed by atoms with E-state index in [4.69, 9.17) is 18.9 Å². The molecule has 1 aromatic heterocycles. The van der Waals surface area contributed by atoms with Gasteiger partial charge in [-0.05, 0) is 6.07 Å². The number of aliphatic hydroxyl groups is 4. The van der Waals surface area contributed by atoms with Crippen molar-refractivity contribution in [2.24, 2.45) is 11.8 Å². The second-order valence-electron chi connectivity index (χ2n) is 10.2. The molecular formula is C28H35N2O9+. The highest BCUT2D eigenvalue weighted by Crippen LogP contribution is 2.41. The number of para-hydroxylation sites is 1. The number of rotatable bonds is 7. The molecule has 0 amide bonds. The molecule has 11 heteroatoms. The quantitative estimate of drug-likeness (QED) is 0.205. The minimum absolute atomic E-state index is 0.0658. The van der Waals surface area contributed by atoms with Gasteiger partial charge < -0.3 is 49.3 Å². The number of carbonyl (C=O) groups excluding carboxylic acids is 1. The average molecular weight is 544 g/mol. The monoisotopic (exact) mass is 543 g/mol. The van der Waals surface area contributed by atoms with Gasteiger partial charge in [0.15, 0.2) is 6.29 Å². The first-order chi connectivity index (χ1) is 18.8. The molecule has 0 spiro atoms. The van der Waals surface area contributed by atoms with Crippen LogP contribution in [0.25, 0.3) is 17.0 Å². The first-order valence-corrected chi connectivity index (χ1v) is 12.9. The van der Waals surface area contributed by atoms with Gasteiger partial charge in [0.1, 0.15) is 30.5 Å². The van der Waals surface area contributed by atoms with Crippen molar-refractivity contribution < 1.29 is 49.1 Å². The lowest BCUT2D eigenvalue weighted by Gasteiger charge is -2.43. The first kappa shape index (κ1) is 27.5. The molecule has 1 saturated heterocycles. The zero-order valence-electron chi connectivity index (χ0n) is 21.8. The number of aliphatic hydroxyl groups excluding tert-OH is 4. The molecule has 11 nitrogen and oxygen atoms in total. The van der Waals surface area contributed by atoms with Gasteiger partial charge >= 0.3 is 5.97 Å². The summed E-state index contributed by atoms with van der Waals surface area (Å²) in [7, 11) is 3.34. The summed E-state index contributed by atoms with van der Waals surface area (Å²) in [6.07, 6.45) is -0.735. The van der Waals surface area contributed by atoms with Gasteiger partial charge in [-0.2, -0.15) is 0 Å². The third-order valence-corrected chi connectivity index (χ3v) is 7.99. The van der Waals surface area contributed by atoms with Crippen LogP contribution < -0.4 is 4.90 Å². The first-order valence-electron chi connectivity index (χ1n) is 12.9. The van der Waals surface area contributed by atoms with Gasteiger partial charge in [-0.15, -0.1) is 6.58 Å². The predicted octanol–water partition coefficient (Wildman–Crippen LogP) is -0.254. The normalized spacial score (nSPS) is 36.1. The van der Waals surface area contributed by atoms with Gasteiger partial charge in [-0.25, -0.2) is 4.79 Å². The maximum atomic E-state index is 12.8. The lowest BCUT2D eigenvalue weighted by Crippen LogP contribution is -3.05. The van der Waals surface area contributed by atoms with E-state index in [-0.39, 0.29) is 6.04 Å². The highest BCUT2D eigenvalue weighted by Gasteiger charge is 2.48. The van der Waals surface area contributed by atoms with Crippen LogP contribution in [0.3, 0.4) is 0 Å². The fourth-order valence-corrected chi connectivity index (χ4v) is 5.78. The second-order valence-corrected chi connectivity index (χ2v) is 10.2. The van der Waals surface area contributed by atoms with Crippen LogP contribution in [0, 0.1) is 11.8 Å². The van der Waals surface area contributed by atoms with Crippen molar-refractivity contribution in [1.82, 2.24) is 4.98 Å². The summed E-state index contributed by atoms with van der Waals surface area (Å²) >= 11 is 0. The molecular weight excluding hydrogens is 508 g/mol. The fourth-order valence-electron chi connectivity index (χ4n) is 5.78. The van der Waals surface area contributed by atoms with E-state index < -0.39 is 61.4 Å². The average Bonchev–Trinajstić information content (AvgIpc) is 3.33. The van der Waals surface area contributed by atoms with E-state index in [0.29, 0.717) is 12.0 Å². The number of carbonyl (C=O) groups is 1. The minimum Gasteiger partial charge on any atom is -0.471 e. The number of H-pyrrole nitrogens is 1. The summed E-state index contributed by atoms with van der Waals surface area (Å²) in [5.41, 5.74) is 3.48. The van der Waals surface area contributed by atoms with Crippen LogP contribution in [-0.4, -0.2) is 89.1 Å². The van der Waals surface area contributed by atoms with Crippen molar-refractivity contribution in [3.8, 4) is 0 Å². The molecule has 2 aromatic rings. The van der Waals surface area contributed by atoms with Crippen molar-refractivity contribution >= 4 is 22.9 Å². The van der Waals surface area contributed by atoms with Crippen molar-refractivity contribution in [3.63, 3.8) is 0 Å². The number of methoxy groups -OCH3 is 1. The number of fused-ring (bicyclic) bond motifs is 3. The van der Waals surface area contributed by atoms with Crippen molar-refractivity contribution in [3.05, 3.63) is 66.2 Å². The van der Waals surface area contributed by atoms with Crippen LogP contribution in [0.4, 0.5) is 0 Å². The topological polar surface area (TPSA) is 155 Å². The van der Waals surface area contributed by atoms with E-state index in [1.807, 2.05) is 25.2 Å². The summed E-state index contributed by atoms with van der Waals surface area (Å²) < 4.78 is 22.3. The lowest BCUT2D eigenvalue weighted by molar-refractivity contribution is -0.861. The Hall–Kier alpha value is -3.03. The number of aromatic nitrogens is 1. The smallest absolute Gasteiger partial charge is 0.337 e. The third kappa shape index (κ3) is 4.91. The molecule has 10 atom stereocenters. The second kappa shape index (κ2) is 11.2. The zero-order valence-corrected chi connectivity index (χ0v) is 21.8. The summed E-state index contributed by atoms with van der Waals surface area (Å²) in [6, 6.07) is 8.00. The summed E-state index contributed by atoms with van der Waals surface area (Å²) in [5, 5.41) is 41.5. The minimum atomic E-state index is -1.60. The van der Waals surface area contributed by atoms with Gasteiger partial charge in [0.2, 0.25) is 6.29 Å². The highest BCUT2D eigenvalue weighted by molar-refractivity contribution is 5.91. The number of benzene rings is 1. The van der Waals surface area contributed by atoms with E-state index in [1.54, 1.807) is 6.08 Å². The van der Waals surface area contributed by atoms with Gasteiger partial charge in [0.25, 0.3) is 0 Å². The Morgan fingerprint density at radius 1 is 1.18 bits per heavy atom. The Labute approximate surface area is 225 Å². The number of quaternary nitrogens is 1. The molecule has 6 N–H and O–H groups in total. The number of ether oxygens (including phenoxy) is 4. The van der Waals surface area contributed by atoms with E-state index in [9.17, 15) is 25.2 Å². The maximum Gasteiger partial charge on any atom is 0.337 e. The van der Waals surface area contributed by atoms with Gasteiger partial charge in [0.05, 0.1) is 44.5 Å². The van der Waals surface area contributed by atoms with Crippen LogP contribution >= 0.6 is 0 Å². The molecule has 1 fully saturated rings. The van der Waals surface area contributed by atoms with Crippen LogP contribution in [-0.2, 0) is 23.7 Å². The molecule has 5 rings (SSSR count). The standard InChI is InChI=1S/C28H34N2O9/c1-4-14-17(11-20-22-16(9-10-30(20)2)15-7-5-6-8-19(15)29-22)18(26(35)36-3)13-37-27(14)39-28-25(34)24(33)23(32)21(12-31)38-28/h4-10,13-14,17,20-21,23-25,27-29,31-34H,1,11-12H2,2-3H3/p+1. The predicted molar refractivity (Wildman–Crippen MR) is 139 cm³/mol. The number of nitrogens with one attached hydrogen (secondary N) is 2. The highest BCUT2D eigenvalue weighted by atomic mass is 16.8. The van der Waals surface area contributed by atoms with E-state index in [1.165, 1.54) is 13.4 Å². The van der Waals surface area contributed by atoms with E-state index in [2.05, 4.69) is 29.9 Å². The van der Waals surface area contributed by atoms with Crippen LogP contribution in [0.1, 0.15) is 23.7 Å². The van der Waals surface area contributed by atoms with Crippen LogP contribution in [0.2, 0.25) is 0 Å². The number of esters is 1. The Bertz CT molecular complexity index is 1270. The molecule has 0 radical (unpaired) electrons. The number of aromatic amines is 1. The lowest BCUT2D eigenvalue weighted by atomic mass is 9.78. The summed E-state index contributed by atoms with van der Waals surface area (Å²) in [4.78, 5) is 17.5. The zero-order chi connectivity index (χ0) is 27.8. The molecule has 3 aliphatic rings. The number of hydrogen-bond donors (Lipinski definition) is 6. The van der Waals surface area contributed by atoms with Gasteiger partial charge in [0, 0.05) is 40.8 Å². The maximum absolute atomic E-state index is 12.8. The van der Waals surface area contributed by atoms with Crippen molar-refractivity contribution in [1.29, 1.82) is 0 Å². The van der Waals surface area contributed by atoms with Gasteiger partial charge in [-0.1, -0.05) is 24.3 Å². The molecule has 10 unspecified atom stereocenters. The summed E-state index contributed by atoms with van der Waals surface area (Å²) in [5.74, 6) is -1.58. The van der Waals surface area contributed by atoms with Crippen molar-refractivity contribution in [2.45, 2.75) is 49.5 Å². The fraction of sp³-hybridized carbons (Fsp3) is 0.464. The molecule has 1 aromatic carbocycles. The molecule has 39 heavy (non-hydrogen) atoms. The Balaban J connectivity index is 1.46. The van der Waals surface area contributed by atoms with E-state index >= 15 is 0 Å². The van der Waals surface area contributed by atoms with Crippen LogP contribution in [0.15, 0.2) is 55.0 Å². The molecule has 3 aliphatic heterocycles. The third-order valence-electron chi connectivity index (χ3n) is 7.99. The Morgan fingerprint density at radius 2 is 1.95 bits per heavy atom. The van der Waals surface area contributed by atoms with E-state index in [0.717, 1.165) is 27.1 Å². The molecule has 0 aliphatic carbocycles. The van der Waals surface area contributed by atoms with Crippen molar-refractivity contribution in [2.75, 3.05) is 20.8 Å². The molecule has 0 bridgehead atoms. The molecule has 210 valence electrons. The number of hydrogen-bond acceptors (Lipinski definition) is 9. The molecule has 4 heterocycles.